The number of carbonyl (C=O) groups excluding carboxylic acids is 1. The summed E-state index contributed by atoms with van der Waals surface area (Å²) >= 11 is 12.0. The molecule has 0 unspecified atom stereocenters. The van der Waals surface area contributed by atoms with Gasteiger partial charge < -0.3 is 14.6 Å². The molecule has 1 amide bonds. The second-order valence-corrected chi connectivity index (χ2v) is 6.05. The number of nitrogens with one attached hydrogen (secondary N) is 1. The average molecular weight is 372 g/mol. The van der Waals surface area contributed by atoms with E-state index in [1.165, 1.54) is 18.1 Å². The lowest BCUT2D eigenvalue weighted by atomic mass is 10.1. The van der Waals surface area contributed by atoms with Crippen molar-refractivity contribution < 1.29 is 14.5 Å². The molecule has 24 heavy (non-hydrogen) atoms. The highest BCUT2D eigenvalue weighted by atomic mass is 35.5. The highest BCUT2D eigenvalue weighted by molar-refractivity contribution is 6.46. The van der Waals surface area contributed by atoms with Gasteiger partial charge in [0.25, 0.3) is 11.2 Å². The summed E-state index contributed by atoms with van der Waals surface area (Å²) in [5.74, 6) is -0.282. The third-order valence-corrected chi connectivity index (χ3v) is 4.76. The summed E-state index contributed by atoms with van der Waals surface area (Å²) in [5, 5.41) is 11.2. The zero-order valence-electron chi connectivity index (χ0n) is 12.4. The second kappa shape index (κ2) is 6.04. The molecule has 8 nitrogen and oxygen atoms in total. The number of amides is 1. The second-order valence-electron chi connectivity index (χ2n) is 5.30. The zero-order chi connectivity index (χ0) is 17.6. The van der Waals surface area contributed by atoms with Crippen molar-refractivity contribution in [3.05, 3.63) is 47.7 Å². The van der Waals surface area contributed by atoms with Crippen LogP contribution in [-0.4, -0.2) is 34.4 Å². The predicted molar refractivity (Wildman–Crippen MR) is 87.4 cm³/mol. The largest absolute Gasteiger partial charge is 0.375 e. The van der Waals surface area contributed by atoms with Crippen molar-refractivity contribution >= 4 is 45.7 Å². The van der Waals surface area contributed by atoms with Gasteiger partial charge in [-0.3, -0.25) is 19.7 Å². The fraction of sp³-hybridized carbons (Fsp3) is 0.286. The van der Waals surface area contributed by atoms with E-state index in [0.29, 0.717) is 16.5 Å². The van der Waals surface area contributed by atoms with Crippen molar-refractivity contribution in [2.75, 3.05) is 13.7 Å². The van der Waals surface area contributed by atoms with Crippen LogP contribution in [-0.2, 0) is 22.6 Å². The maximum absolute atomic E-state index is 12.3. The fourth-order valence-electron chi connectivity index (χ4n) is 2.77. The monoisotopic (exact) mass is 371 g/mol. The van der Waals surface area contributed by atoms with Gasteiger partial charge in [0.1, 0.15) is 11.6 Å². The number of aromatic nitrogens is 1. The lowest BCUT2D eigenvalue weighted by Crippen LogP contribution is -2.29. The van der Waals surface area contributed by atoms with E-state index in [-0.39, 0.29) is 46.9 Å². The first-order valence-electron chi connectivity index (χ1n) is 6.82. The van der Waals surface area contributed by atoms with Crippen molar-refractivity contribution in [1.29, 1.82) is 0 Å². The average Bonchev–Trinajstić information content (AvgIpc) is 2.97. The molecule has 1 aliphatic rings. The summed E-state index contributed by atoms with van der Waals surface area (Å²) < 4.78 is 4.81. The summed E-state index contributed by atoms with van der Waals surface area (Å²) in [6.07, 6.45) is 0. The molecule has 0 atom stereocenters. The van der Waals surface area contributed by atoms with Crippen LogP contribution >= 0.6 is 23.2 Å². The number of methoxy groups -OCH3 is 1. The van der Waals surface area contributed by atoms with Gasteiger partial charge in [0.15, 0.2) is 0 Å². The van der Waals surface area contributed by atoms with Gasteiger partial charge in [-0.25, -0.2) is 0 Å². The van der Waals surface area contributed by atoms with Gasteiger partial charge in [-0.1, -0.05) is 23.2 Å². The topological polar surface area (TPSA) is 106 Å². The number of hydrogen-bond acceptors (Lipinski definition) is 5. The van der Waals surface area contributed by atoms with Crippen LogP contribution in [0.2, 0.25) is 10.0 Å². The molecule has 0 fully saturated rings. The number of halogens is 2. The fourth-order valence-corrected chi connectivity index (χ4v) is 3.23. The summed E-state index contributed by atoms with van der Waals surface area (Å²) in [6, 6.07) is 1.27. The Balaban J connectivity index is 2.23. The number of carbonyl (C=O) groups is 1. The molecule has 0 saturated heterocycles. The number of H-pyrrole nitrogens is 1. The number of hydrogen-bond donors (Lipinski definition) is 1. The highest BCUT2D eigenvalue weighted by Crippen LogP contribution is 2.39. The first kappa shape index (κ1) is 16.7. The predicted octanol–water partition coefficient (Wildman–Crippen LogP) is 2.23. The van der Waals surface area contributed by atoms with Gasteiger partial charge in [0.2, 0.25) is 5.91 Å². The van der Waals surface area contributed by atoms with Crippen molar-refractivity contribution in [1.82, 2.24) is 9.88 Å². The number of fused-ring (bicyclic) bond motifs is 3. The Kier molecular flexibility index (Phi) is 4.20. The number of pyridine rings is 1. The van der Waals surface area contributed by atoms with Crippen molar-refractivity contribution in [3.63, 3.8) is 0 Å². The Labute approximate surface area is 145 Å². The number of rotatable bonds is 3. The smallest absolute Gasteiger partial charge is 0.290 e. The van der Waals surface area contributed by atoms with Crippen molar-refractivity contribution in [3.8, 4) is 0 Å². The molecule has 2 aromatic rings. The van der Waals surface area contributed by atoms with Crippen LogP contribution in [0, 0.1) is 10.1 Å². The minimum atomic E-state index is -0.645. The molecule has 1 N–H and O–H groups in total. The van der Waals surface area contributed by atoms with E-state index in [1.807, 2.05) is 0 Å². The third kappa shape index (κ3) is 2.52. The third-order valence-electron chi connectivity index (χ3n) is 3.90. The molecule has 0 saturated carbocycles. The molecule has 0 spiro atoms. The zero-order valence-corrected chi connectivity index (χ0v) is 13.9. The maximum Gasteiger partial charge on any atom is 0.290 e. The number of ether oxygens (including phenoxy) is 1. The summed E-state index contributed by atoms with van der Waals surface area (Å²) in [6.45, 7) is 0.139. The van der Waals surface area contributed by atoms with Crippen LogP contribution in [0.1, 0.15) is 11.1 Å². The molecule has 0 aliphatic carbocycles. The standard InChI is InChI=1S/C14H11Cl2N3O5/c1-24-5-10(20)18-3-7-6-2-9(19(22)23)11(15)12(16)13(6)17-14(21)8(7)4-18/h2H,3-5H2,1H3,(H,17,21). The highest BCUT2D eigenvalue weighted by Gasteiger charge is 2.30. The Morgan fingerprint density at radius 3 is 2.67 bits per heavy atom. The van der Waals surface area contributed by atoms with Gasteiger partial charge in [0.05, 0.1) is 22.0 Å². The first-order chi connectivity index (χ1) is 11.3. The number of nitrogens with zero attached hydrogens (tertiary/aromatic N) is 2. The van der Waals surface area contributed by atoms with Crippen LogP contribution in [0.4, 0.5) is 5.69 Å². The normalized spacial score (nSPS) is 13.4. The van der Waals surface area contributed by atoms with E-state index in [1.54, 1.807) is 0 Å². The molecule has 1 aromatic heterocycles. The molecule has 1 aromatic carbocycles. The molecule has 0 bridgehead atoms. The molecule has 3 rings (SSSR count). The summed E-state index contributed by atoms with van der Waals surface area (Å²) in [7, 11) is 1.40. The molecule has 0 radical (unpaired) electrons. The Morgan fingerprint density at radius 1 is 1.38 bits per heavy atom. The van der Waals surface area contributed by atoms with Crippen LogP contribution in [0.25, 0.3) is 10.9 Å². The van der Waals surface area contributed by atoms with Crippen LogP contribution in [0.3, 0.4) is 0 Å². The Hall–Kier alpha value is -2.16. The van der Waals surface area contributed by atoms with E-state index < -0.39 is 10.5 Å². The van der Waals surface area contributed by atoms with Crippen LogP contribution in [0.15, 0.2) is 10.9 Å². The van der Waals surface area contributed by atoms with Gasteiger partial charge in [-0.15, -0.1) is 0 Å². The molecule has 1 aliphatic heterocycles. The van der Waals surface area contributed by atoms with E-state index >= 15 is 0 Å². The number of nitro benzene ring substituents is 1. The summed E-state index contributed by atoms with van der Waals surface area (Å²) in [4.78, 5) is 38.8. The van der Waals surface area contributed by atoms with Gasteiger partial charge in [-0.05, 0) is 5.56 Å². The van der Waals surface area contributed by atoms with E-state index in [0.717, 1.165) is 0 Å². The van der Waals surface area contributed by atoms with Crippen LogP contribution < -0.4 is 5.56 Å². The van der Waals surface area contributed by atoms with E-state index in [2.05, 4.69) is 4.98 Å². The lowest BCUT2D eigenvalue weighted by molar-refractivity contribution is -0.384. The first-order valence-corrected chi connectivity index (χ1v) is 7.57. The molecule has 2 heterocycles. The minimum Gasteiger partial charge on any atom is -0.375 e. The van der Waals surface area contributed by atoms with E-state index in [9.17, 15) is 19.7 Å². The van der Waals surface area contributed by atoms with Crippen molar-refractivity contribution in [2.45, 2.75) is 13.1 Å². The molecular formula is C14H11Cl2N3O5. The maximum atomic E-state index is 12.3. The van der Waals surface area contributed by atoms with Crippen molar-refractivity contribution in [2.24, 2.45) is 0 Å². The SMILES string of the molecule is COCC(=O)N1Cc2c(c3cc([N+](=O)[O-])c(Cl)c(Cl)c3[nH]c2=O)C1. The minimum absolute atomic E-state index is 0.0950. The Bertz CT molecular complexity index is 940. The number of benzene rings is 1. The van der Waals surface area contributed by atoms with E-state index in [4.69, 9.17) is 27.9 Å². The van der Waals surface area contributed by atoms with Gasteiger partial charge in [0, 0.05) is 30.7 Å². The van der Waals surface area contributed by atoms with Gasteiger partial charge in [-0.2, -0.15) is 0 Å². The van der Waals surface area contributed by atoms with Crippen LogP contribution in [0.5, 0.6) is 0 Å². The molecule has 10 heteroatoms. The van der Waals surface area contributed by atoms with Gasteiger partial charge >= 0.3 is 0 Å². The molecule has 126 valence electrons. The number of aromatic amines is 1. The quantitative estimate of drug-likeness (QED) is 0.657. The lowest BCUT2D eigenvalue weighted by Gasteiger charge is -2.14. The number of nitro groups is 1. The Morgan fingerprint density at radius 2 is 2.04 bits per heavy atom. The molecular weight excluding hydrogens is 361 g/mol. The summed E-state index contributed by atoms with van der Waals surface area (Å²) in [5.41, 5.74) is 0.360.